The van der Waals surface area contributed by atoms with Crippen molar-refractivity contribution in [1.29, 1.82) is 5.26 Å². The largest absolute Gasteiger partial charge is 0.359 e. The quantitative estimate of drug-likeness (QED) is 0.226. The van der Waals surface area contributed by atoms with E-state index in [1.807, 2.05) is 31.2 Å². The van der Waals surface area contributed by atoms with Crippen molar-refractivity contribution in [3.8, 4) is 6.07 Å². The summed E-state index contributed by atoms with van der Waals surface area (Å²) in [4.78, 5) is 56.7. The standard InChI is InChI=1S/C31H27N5O4/c1-19-16-22(28(37)21-6-3-2-4-7-21)14-15-36(19)30(39)29(38)25-18-33-27-24(25)8-5-9-26(27)35-31(40)34-23-12-10-20(17-32)11-13-23/h2-13,18-19,22,33H,14-16H2,1H3,(H2,34,35,40)/t19-,22?/m1/s1. The Bertz CT molecular complexity index is 1640. The fraction of sp³-hybridized carbons (Fsp3) is 0.194. The number of aromatic amines is 1. The predicted molar refractivity (Wildman–Crippen MR) is 151 cm³/mol. The first-order valence-electron chi connectivity index (χ1n) is 13.0. The second-order valence-electron chi connectivity index (χ2n) is 9.83. The zero-order valence-corrected chi connectivity index (χ0v) is 21.8. The first-order chi connectivity index (χ1) is 19.4. The van der Waals surface area contributed by atoms with Gasteiger partial charge in [0.15, 0.2) is 5.78 Å². The van der Waals surface area contributed by atoms with Crippen molar-refractivity contribution in [2.24, 2.45) is 5.92 Å². The molecule has 2 heterocycles. The second kappa shape index (κ2) is 11.3. The number of aromatic nitrogens is 1. The van der Waals surface area contributed by atoms with E-state index in [-0.39, 0.29) is 23.3 Å². The number of hydrogen-bond acceptors (Lipinski definition) is 5. The molecule has 1 aliphatic heterocycles. The number of amides is 3. The molecule has 1 aromatic heterocycles. The Balaban J connectivity index is 1.27. The Labute approximate surface area is 230 Å². The zero-order chi connectivity index (χ0) is 28.2. The number of nitrogens with zero attached hydrogens (tertiary/aromatic N) is 2. The first kappa shape index (κ1) is 26.4. The molecule has 3 N–H and O–H groups in total. The average molecular weight is 534 g/mol. The summed E-state index contributed by atoms with van der Waals surface area (Å²) in [5, 5.41) is 14.9. The van der Waals surface area contributed by atoms with Gasteiger partial charge >= 0.3 is 6.03 Å². The molecule has 9 nitrogen and oxygen atoms in total. The summed E-state index contributed by atoms with van der Waals surface area (Å²) in [6.07, 6.45) is 2.46. The van der Waals surface area contributed by atoms with Gasteiger partial charge in [0.25, 0.3) is 11.7 Å². The average Bonchev–Trinajstić information content (AvgIpc) is 3.42. The van der Waals surface area contributed by atoms with Gasteiger partial charge in [0.2, 0.25) is 0 Å². The van der Waals surface area contributed by atoms with Crippen LogP contribution in [-0.4, -0.2) is 46.0 Å². The molecule has 0 radical (unpaired) electrons. The number of nitrogens with one attached hydrogen (secondary N) is 3. The Morgan fingerprint density at radius 3 is 2.40 bits per heavy atom. The fourth-order valence-electron chi connectivity index (χ4n) is 5.15. The molecule has 5 rings (SSSR count). The van der Waals surface area contributed by atoms with Crippen LogP contribution >= 0.6 is 0 Å². The van der Waals surface area contributed by atoms with Crippen molar-refractivity contribution in [1.82, 2.24) is 9.88 Å². The molecule has 0 saturated carbocycles. The molecule has 0 aliphatic carbocycles. The molecule has 2 atom stereocenters. The van der Waals surface area contributed by atoms with Crippen LogP contribution in [0.4, 0.5) is 16.2 Å². The maximum absolute atomic E-state index is 13.3. The summed E-state index contributed by atoms with van der Waals surface area (Å²) in [6.45, 7) is 2.18. The van der Waals surface area contributed by atoms with Crippen LogP contribution in [0, 0.1) is 17.2 Å². The summed E-state index contributed by atoms with van der Waals surface area (Å²) in [6, 6.07) is 21.9. The van der Waals surface area contributed by atoms with Crippen molar-refractivity contribution < 1.29 is 19.2 Å². The third-order valence-corrected chi connectivity index (χ3v) is 7.24. The van der Waals surface area contributed by atoms with Crippen molar-refractivity contribution in [3.05, 3.63) is 95.7 Å². The lowest BCUT2D eigenvalue weighted by atomic mass is 9.85. The third kappa shape index (κ3) is 5.33. The van der Waals surface area contributed by atoms with Crippen LogP contribution in [0.25, 0.3) is 10.9 Å². The lowest BCUT2D eigenvalue weighted by Gasteiger charge is -2.36. The summed E-state index contributed by atoms with van der Waals surface area (Å²) in [5.41, 5.74) is 2.81. The van der Waals surface area contributed by atoms with E-state index in [0.717, 1.165) is 0 Å². The molecule has 200 valence electrons. The lowest BCUT2D eigenvalue weighted by Crippen LogP contribution is -2.48. The molecule has 3 aromatic carbocycles. The van der Waals surface area contributed by atoms with Gasteiger partial charge in [-0.25, -0.2) is 4.79 Å². The predicted octanol–water partition coefficient (Wildman–Crippen LogP) is 5.38. The molecular weight excluding hydrogens is 506 g/mol. The summed E-state index contributed by atoms with van der Waals surface area (Å²) in [5.74, 6) is -1.40. The lowest BCUT2D eigenvalue weighted by molar-refractivity contribution is -0.130. The normalized spacial score (nSPS) is 16.6. The maximum Gasteiger partial charge on any atom is 0.323 e. The van der Waals surface area contributed by atoms with Crippen LogP contribution in [0.2, 0.25) is 0 Å². The number of carbonyl (C=O) groups is 4. The van der Waals surface area contributed by atoms with Crippen molar-refractivity contribution in [2.75, 3.05) is 17.2 Å². The van der Waals surface area contributed by atoms with E-state index in [9.17, 15) is 19.2 Å². The summed E-state index contributed by atoms with van der Waals surface area (Å²) in [7, 11) is 0. The third-order valence-electron chi connectivity index (χ3n) is 7.24. The van der Waals surface area contributed by atoms with E-state index in [2.05, 4.69) is 15.6 Å². The van der Waals surface area contributed by atoms with Gasteiger partial charge in [0, 0.05) is 41.3 Å². The molecule has 1 fully saturated rings. The minimum Gasteiger partial charge on any atom is -0.359 e. The van der Waals surface area contributed by atoms with E-state index < -0.39 is 17.7 Å². The van der Waals surface area contributed by atoms with Crippen molar-refractivity contribution in [2.45, 2.75) is 25.8 Å². The number of nitriles is 1. The maximum atomic E-state index is 13.3. The smallest absolute Gasteiger partial charge is 0.323 e. The van der Waals surface area contributed by atoms with E-state index in [4.69, 9.17) is 5.26 Å². The molecule has 4 aromatic rings. The van der Waals surface area contributed by atoms with Crippen LogP contribution in [0.15, 0.2) is 79.0 Å². The Kier molecular flexibility index (Phi) is 7.42. The van der Waals surface area contributed by atoms with Gasteiger partial charge in [-0.1, -0.05) is 42.5 Å². The molecule has 0 bridgehead atoms. The van der Waals surface area contributed by atoms with Gasteiger partial charge in [0.1, 0.15) is 0 Å². The first-order valence-corrected chi connectivity index (χ1v) is 13.0. The van der Waals surface area contributed by atoms with Crippen LogP contribution in [0.3, 0.4) is 0 Å². The number of para-hydroxylation sites is 1. The van der Waals surface area contributed by atoms with E-state index >= 15 is 0 Å². The number of carbonyl (C=O) groups excluding carboxylic acids is 4. The molecule has 1 saturated heterocycles. The fourth-order valence-corrected chi connectivity index (χ4v) is 5.15. The van der Waals surface area contributed by atoms with E-state index in [1.165, 1.54) is 6.20 Å². The van der Waals surface area contributed by atoms with Crippen LogP contribution in [0.5, 0.6) is 0 Å². The monoisotopic (exact) mass is 533 g/mol. The molecule has 9 heteroatoms. The van der Waals surface area contributed by atoms with Crippen LogP contribution < -0.4 is 10.6 Å². The van der Waals surface area contributed by atoms with E-state index in [0.29, 0.717) is 52.8 Å². The number of hydrogen-bond donors (Lipinski definition) is 3. The minimum atomic E-state index is -0.648. The molecule has 0 spiro atoms. The Morgan fingerprint density at radius 1 is 0.950 bits per heavy atom. The van der Waals surface area contributed by atoms with Gasteiger partial charge in [-0.05, 0) is 50.1 Å². The molecular formula is C31H27N5O4. The number of urea groups is 1. The number of benzene rings is 3. The number of piperidine rings is 1. The number of Topliss-reactive ketones (excluding diaryl/α,β-unsaturated/α-hetero) is 2. The highest BCUT2D eigenvalue weighted by atomic mass is 16.2. The zero-order valence-electron chi connectivity index (χ0n) is 21.8. The highest BCUT2D eigenvalue weighted by Crippen LogP contribution is 2.29. The van der Waals surface area contributed by atoms with Gasteiger partial charge in [-0.15, -0.1) is 0 Å². The Morgan fingerprint density at radius 2 is 1.70 bits per heavy atom. The van der Waals surface area contributed by atoms with Crippen LogP contribution in [-0.2, 0) is 4.79 Å². The molecule has 1 unspecified atom stereocenters. The molecule has 40 heavy (non-hydrogen) atoms. The highest BCUT2D eigenvalue weighted by Gasteiger charge is 2.36. The molecule has 1 aliphatic rings. The van der Waals surface area contributed by atoms with E-state index in [1.54, 1.807) is 59.5 Å². The number of ketones is 2. The van der Waals surface area contributed by atoms with Crippen LogP contribution in [0.1, 0.15) is 46.0 Å². The minimum absolute atomic E-state index is 0.0609. The number of rotatable bonds is 6. The summed E-state index contributed by atoms with van der Waals surface area (Å²) < 4.78 is 0. The SMILES string of the molecule is C[C@@H]1CC(C(=O)c2ccccc2)CCN1C(=O)C(=O)c1c[nH]c2c(NC(=O)Nc3ccc(C#N)cc3)cccc12. The number of anilines is 2. The number of likely N-dealkylation sites (tertiary alicyclic amines) is 1. The second-order valence-corrected chi connectivity index (χ2v) is 9.83. The topological polar surface area (TPSA) is 135 Å². The van der Waals surface area contributed by atoms with Gasteiger partial charge in [-0.2, -0.15) is 5.26 Å². The number of fused-ring (bicyclic) bond motifs is 1. The van der Waals surface area contributed by atoms with Gasteiger partial charge in [-0.3, -0.25) is 14.4 Å². The highest BCUT2D eigenvalue weighted by molar-refractivity contribution is 6.45. The molecule has 3 amide bonds. The van der Waals surface area contributed by atoms with Gasteiger partial charge in [0.05, 0.1) is 28.4 Å². The number of H-pyrrole nitrogens is 1. The Hall–Kier alpha value is -5.23. The summed E-state index contributed by atoms with van der Waals surface area (Å²) >= 11 is 0. The van der Waals surface area contributed by atoms with Crippen molar-refractivity contribution >= 4 is 45.8 Å². The van der Waals surface area contributed by atoms with Gasteiger partial charge < -0.3 is 20.5 Å². The van der Waals surface area contributed by atoms with Crippen molar-refractivity contribution in [3.63, 3.8) is 0 Å².